The Hall–Kier alpha value is -5.06. The zero-order valence-corrected chi connectivity index (χ0v) is 40.2. The van der Waals surface area contributed by atoms with Gasteiger partial charge in [-0.15, -0.1) is 0 Å². The number of aliphatic hydroxyl groups is 2. The number of esters is 3. The van der Waals surface area contributed by atoms with Crippen LogP contribution in [0.1, 0.15) is 64.9 Å². The Balaban J connectivity index is 1.23. The fourth-order valence-corrected chi connectivity index (χ4v) is 15.0. The minimum absolute atomic E-state index is 0.143. The molecule has 68 heavy (non-hydrogen) atoms. The molecule has 12 atom stereocenters. The standard InChI is InChI=1S/C53H63BN3O11/c1-8-49(62)26-32-27-52(47(60)66-6,43-36(17-21-55(28-32)29-49)37-23-34(13-16-40(37)54-43)33-11-14-35(64-4)15-12-33)39-24-38-41(25-42(39)65-5)57(30-58)45-51(38)19-22-56-20-10-18-50(9-2,44(51)56)46(68-31(3)59)53(45,63)48(61)67-7/h10-16,18,23-25,30,32,39,42,44-46,62-63H,8-9,17,19-22,26-29H2,1-7H3/t32-,39?,42?,44+,45-,46-,49+,50-,51-,52+,53+/m1/s1. The van der Waals surface area contributed by atoms with E-state index in [0.29, 0.717) is 83.4 Å². The smallest absolute Gasteiger partial charge is 0.344 e. The van der Waals surface area contributed by atoms with E-state index in [0.717, 1.165) is 44.5 Å². The van der Waals surface area contributed by atoms with Crippen molar-refractivity contribution in [3.63, 3.8) is 0 Å². The number of ether oxygens (including phenoxy) is 5. The normalized spacial score (nSPS) is 37.6. The fourth-order valence-electron chi connectivity index (χ4n) is 15.0. The van der Waals surface area contributed by atoms with Crippen molar-refractivity contribution < 1.29 is 53.1 Å². The van der Waals surface area contributed by atoms with Gasteiger partial charge in [0, 0.05) is 68.7 Å². The van der Waals surface area contributed by atoms with Crippen molar-refractivity contribution >= 4 is 42.6 Å². The van der Waals surface area contributed by atoms with Crippen LogP contribution in [0, 0.1) is 28.1 Å². The molecule has 2 N–H and O–H groups in total. The molecule has 6 aliphatic heterocycles. The monoisotopic (exact) mass is 928 g/mol. The summed E-state index contributed by atoms with van der Waals surface area (Å²) >= 11 is 0. The molecule has 2 aliphatic carbocycles. The molecule has 8 aliphatic rings. The van der Waals surface area contributed by atoms with E-state index in [1.165, 1.54) is 26.0 Å². The Morgan fingerprint density at radius 2 is 1.66 bits per heavy atom. The van der Waals surface area contributed by atoms with Gasteiger partial charge in [-0.1, -0.05) is 67.3 Å². The Bertz CT molecular complexity index is 2560. The molecule has 3 saturated heterocycles. The number of nitrogens with zero attached hydrogens (tertiary/aromatic N) is 3. The van der Waals surface area contributed by atoms with Gasteiger partial charge in [0.1, 0.15) is 5.75 Å². The molecule has 1 radical (unpaired) electrons. The first kappa shape index (κ1) is 46.7. The second-order valence-corrected chi connectivity index (χ2v) is 20.5. The number of methoxy groups -OCH3 is 4. The van der Waals surface area contributed by atoms with Crippen LogP contribution in [0.4, 0.5) is 0 Å². The number of allylic oxidation sites excluding steroid dienone is 1. The van der Waals surface area contributed by atoms with Crippen LogP contribution < -0.4 is 10.2 Å². The second-order valence-electron chi connectivity index (χ2n) is 20.5. The molecule has 1 amide bonds. The van der Waals surface area contributed by atoms with Gasteiger partial charge in [-0.3, -0.25) is 24.2 Å². The number of amides is 1. The van der Waals surface area contributed by atoms with E-state index in [-0.39, 0.29) is 5.92 Å². The van der Waals surface area contributed by atoms with Gasteiger partial charge in [0.25, 0.3) is 0 Å². The highest BCUT2D eigenvalue weighted by Gasteiger charge is 2.82. The van der Waals surface area contributed by atoms with E-state index < -0.39 is 75.6 Å². The number of carbonyl (C=O) groups excluding carboxylic acids is 4. The summed E-state index contributed by atoms with van der Waals surface area (Å²) in [6, 6.07) is 12.7. The summed E-state index contributed by atoms with van der Waals surface area (Å²) in [7, 11) is 8.01. The maximum absolute atomic E-state index is 15.7. The van der Waals surface area contributed by atoms with Gasteiger partial charge in [0.15, 0.2) is 13.4 Å². The van der Waals surface area contributed by atoms with Crippen LogP contribution >= 0.6 is 0 Å². The molecular weight excluding hydrogens is 865 g/mol. The highest BCUT2D eigenvalue weighted by atomic mass is 16.6. The minimum atomic E-state index is -2.53. The molecule has 14 nitrogen and oxygen atoms in total. The lowest BCUT2D eigenvalue weighted by Gasteiger charge is -2.63. The van der Waals surface area contributed by atoms with E-state index in [4.69, 9.17) is 23.7 Å². The molecule has 10 rings (SSSR count). The van der Waals surface area contributed by atoms with Crippen molar-refractivity contribution in [3.8, 4) is 16.9 Å². The molecule has 6 heterocycles. The molecule has 3 unspecified atom stereocenters. The van der Waals surface area contributed by atoms with Gasteiger partial charge in [0.05, 0.1) is 44.5 Å². The highest BCUT2D eigenvalue weighted by Crippen LogP contribution is 2.70. The number of hydrogen-bond donors (Lipinski definition) is 2. The van der Waals surface area contributed by atoms with E-state index in [2.05, 4.69) is 41.4 Å². The molecule has 15 heteroatoms. The average Bonchev–Trinajstić information content (AvgIpc) is 4.02. The predicted molar refractivity (Wildman–Crippen MR) is 253 cm³/mol. The Morgan fingerprint density at radius 3 is 2.32 bits per heavy atom. The van der Waals surface area contributed by atoms with Crippen LogP contribution in [0.25, 0.3) is 16.7 Å². The summed E-state index contributed by atoms with van der Waals surface area (Å²) in [5.41, 5.74) is -0.0964. The zero-order chi connectivity index (χ0) is 48.1. The Labute approximate surface area is 399 Å². The topological polar surface area (TPSA) is 165 Å². The van der Waals surface area contributed by atoms with Crippen molar-refractivity contribution in [2.24, 2.45) is 28.1 Å². The number of fused-ring (bicyclic) bond motifs is 5. The predicted octanol–water partition coefficient (Wildman–Crippen LogP) is 4.00. The second kappa shape index (κ2) is 16.8. The maximum atomic E-state index is 15.7. The van der Waals surface area contributed by atoms with Gasteiger partial charge in [-0.25, -0.2) is 4.79 Å². The minimum Gasteiger partial charge on any atom is -0.497 e. The number of likely N-dealkylation sites (tertiary alicyclic amines) is 1. The van der Waals surface area contributed by atoms with E-state index in [9.17, 15) is 24.6 Å². The van der Waals surface area contributed by atoms with Crippen molar-refractivity contribution in [1.29, 1.82) is 0 Å². The number of rotatable bonds is 10. The van der Waals surface area contributed by atoms with Gasteiger partial charge < -0.3 is 38.8 Å². The van der Waals surface area contributed by atoms with E-state index >= 15 is 4.79 Å². The molecule has 2 aromatic carbocycles. The van der Waals surface area contributed by atoms with Crippen LogP contribution in [0.3, 0.4) is 0 Å². The maximum Gasteiger partial charge on any atom is 0.344 e. The lowest BCUT2D eigenvalue weighted by Crippen LogP contribution is -2.80. The zero-order valence-electron chi connectivity index (χ0n) is 40.2. The van der Waals surface area contributed by atoms with Crippen LogP contribution in [-0.2, 0) is 38.1 Å². The van der Waals surface area contributed by atoms with Crippen LogP contribution in [0.2, 0.25) is 0 Å². The summed E-state index contributed by atoms with van der Waals surface area (Å²) in [5.74, 6) is -2.27. The first-order valence-corrected chi connectivity index (χ1v) is 24.2. The third kappa shape index (κ3) is 6.40. The molecule has 4 fully saturated rings. The molecule has 1 spiro atoms. The van der Waals surface area contributed by atoms with Crippen molar-refractivity contribution in [2.75, 3.05) is 61.2 Å². The van der Waals surface area contributed by atoms with Gasteiger partial charge in [0.2, 0.25) is 12.0 Å². The quantitative estimate of drug-likeness (QED) is 0.116. The molecule has 0 aromatic heterocycles. The van der Waals surface area contributed by atoms with Crippen LogP contribution in [-0.4, -0.2) is 153 Å². The lowest BCUT2D eigenvalue weighted by molar-refractivity contribution is -0.242. The van der Waals surface area contributed by atoms with Crippen molar-refractivity contribution in [3.05, 3.63) is 89.1 Å². The first-order valence-electron chi connectivity index (χ1n) is 24.2. The fraction of sp³-hybridized carbons (Fsp3) is 0.547. The summed E-state index contributed by atoms with van der Waals surface area (Å²) in [5, 5.41) is 25.6. The number of hydrogen-bond acceptors (Lipinski definition) is 13. The van der Waals surface area contributed by atoms with E-state index in [1.54, 1.807) is 14.2 Å². The third-order valence-corrected chi connectivity index (χ3v) is 17.6. The van der Waals surface area contributed by atoms with Crippen LogP contribution in [0.5, 0.6) is 5.75 Å². The third-order valence-electron chi connectivity index (χ3n) is 17.6. The first-order chi connectivity index (χ1) is 32.7. The highest BCUT2D eigenvalue weighted by molar-refractivity contribution is 6.67. The Kier molecular flexibility index (Phi) is 11.5. The summed E-state index contributed by atoms with van der Waals surface area (Å²) in [6.07, 6.45) is 9.13. The lowest BCUT2D eigenvalue weighted by atomic mass is 9.46. The molecule has 359 valence electrons. The van der Waals surface area contributed by atoms with E-state index in [1.807, 2.05) is 56.3 Å². The molecule has 2 aromatic rings. The summed E-state index contributed by atoms with van der Waals surface area (Å²) in [6.45, 7) is 8.20. The van der Waals surface area contributed by atoms with Gasteiger partial charge in [-0.2, -0.15) is 0 Å². The molecular formula is C53H63BN3O11. The summed E-state index contributed by atoms with van der Waals surface area (Å²) < 4.78 is 29.6. The Morgan fingerprint density at radius 1 is 0.912 bits per heavy atom. The van der Waals surface area contributed by atoms with Gasteiger partial charge in [-0.05, 0) is 103 Å². The van der Waals surface area contributed by atoms with Gasteiger partial charge >= 0.3 is 17.9 Å². The SMILES string of the molecule is CC[C@]1(O)C[C@H]2CN(CCC3=C([B]c4ccc(-c5ccc(OC)cc5)cc43)[C@@](C(=O)OC)(C3C=C4C(=CC3OC)N(C=O)[C@H]3[C@@](O)(C(=O)OC)[C@H](OC(C)=O)[C@]5(CC)C=CCN6CC[C@]43[C@@H]65)C2)C1. The number of benzene rings is 2. The van der Waals surface area contributed by atoms with Crippen LogP contribution in [0.15, 0.2) is 83.5 Å². The molecule has 1 saturated carbocycles. The number of piperidine rings is 1. The molecule has 2 bridgehead atoms. The largest absolute Gasteiger partial charge is 0.497 e. The van der Waals surface area contributed by atoms with Crippen molar-refractivity contribution in [2.45, 2.75) is 94.8 Å². The average molecular weight is 929 g/mol. The van der Waals surface area contributed by atoms with Crippen molar-refractivity contribution in [1.82, 2.24) is 14.7 Å². The summed E-state index contributed by atoms with van der Waals surface area (Å²) in [4.78, 5) is 63.4. The number of carbonyl (C=O) groups is 4.